The summed E-state index contributed by atoms with van der Waals surface area (Å²) in [6, 6.07) is 6.55. The lowest BCUT2D eigenvalue weighted by atomic mass is 9.85. The van der Waals surface area contributed by atoms with Gasteiger partial charge >= 0.3 is 6.01 Å². The monoisotopic (exact) mass is 535 g/mol. The Morgan fingerprint density at radius 3 is 2.53 bits per heavy atom. The minimum atomic E-state index is 0.231. The molecule has 3 aliphatic rings. The van der Waals surface area contributed by atoms with Crippen molar-refractivity contribution in [1.82, 2.24) is 29.7 Å². The van der Waals surface area contributed by atoms with Gasteiger partial charge < -0.3 is 14.8 Å². The van der Waals surface area contributed by atoms with Gasteiger partial charge in [-0.05, 0) is 61.6 Å². The van der Waals surface area contributed by atoms with E-state index in [1.54, 1.807) is 24.6 Å². The van der Waals surface area contributed by atoms with E-state index in [9.17, 15) is 0 Å². The number of thiazole rings is 1. The van der Waals surface area contributed by atoms with Crippen molar-refractivity contribution in [3.63, 3.8) is 0 Å². The fourth-order valence-electron chi connectivity index (χ4n) is 5.48. The Morgan fingerprint density at radius 2 is 1.79 bits per heavy atom. The summed E-state index contributed by atoms with van der Waals surface area (Å²) in [7, 11) is 1.76. The highest BCUT2D eigenvalue weighted by Gasteiger charge is 2.45. The fourth-order valence-corrected chi connectivity index (χ4v) is 6.28. The Kier molecular flexibility index (Phi) is 7.82. The predicted molar refractivity (Wildman–Crippen MR) is 149 cm³/mol. The molecule has 6 rings (SSSR count). The molecule has 0 amide bonds. The van der Waals surface area contributed by atoms with Gasteiger partial charge in [0, 0.05) is 65.0 Å². The molecule has 3 aromatic heterocycles. The van der Waals surface area contributed by atoms with Crippen LogP contribution in [0.25, 0.3) is 10.6 Å². The number of nitrogens with zero attached hydrogens (tertiary/aromatic N) is 6. The highest BCUT2D eigenvalue weighted by atomic mass is 32.1. The number of hydrogen-bond acceptors (Lipinski definition) is 10. The molecule has 0 radical (unpaired) electrons. The second-order valence-corrected chi connectivity index (χ2v) is 11.9. The van der Waals surface area contributed by atoms with Crippen LogP contribution < -0.4 is 10.1 Å². The predicted octanol–water partition coefficient (Wildman–Crippen LogP) is 4.60. The van der Waals surface area contributed by atoms with E-state index in [1.165, 1.54) is 31.2 Å². The smallest absolute Gasteiger partial charge is 0.317 e. The number of ether oxygens (including phenoxy) is 2. The molecule has 0 aromatic carbocycles. The van der Waals surface area contributed by atoms with Crippen LogP contribution in [0.4, 0.5) is 10.9 Å². The fraction of sp³-hybridized carbons (Fsp3) is 0.571. The Hall–Kier alpha value is -2.66. The van der Waals surface area contributed by atoms with Crippen molar-refractivity contribution in [3.8, 4) is 16.6 Å². The van der Waals surface area contributed by atoms with Crippen molar-refractivity contribution in [2.45, 2.75) is 51.2 Å². The van der Waals surface area contributed by atoms with Gasteiger partial charge in [-0.15, -0.1) is 0 Å². The Morgan fingerprint density at radius 1 is 0.974 bits per heavy atom. The van der Waals surface area contributed by atoms with Crippen molar-refractivity contribution in [2.24, 2.45) is 5.41 Å². The second-order valence-electron chi connectivity index (χ2n) is 10.9. The van der Waals surface area contributed by atoms with Crippen molar-refractivity contribution >= 4 is 22.3 Å². The molecule has 0 atom stereocenters. The molecule has 1 spiro atoms. The lowest BCUT2D eigenvalue weighted by Crippen LogP contribution is -2.46. The van der Waals surface area contributed by atoms with E-state index >= 15 is 0 Å². The van der Waals surface area contributed by atoms with Gasteiger partial charge in [0.1, 0.15) is 11.9 Å². The largest absolute Gasteiger partial charge is 0.460 e. The third kappa shape index (κ3) is 6.48. The number of pyridine rings is 1. The number of aromatic nitrogens is 4. The summed E-state index contributed by atoms with van der Waals surface area (Å²) in [4.78, 5) is 24.1. The van der Waals surface area contributed by atoms with Gasteiger partial charge in [-0.25, -0.2) is 15.0 Å². The summed E-state index contributed by atoms with van der Waals surface area (Å²) in [6.07, 6.45) is 13.4. The van der Waals surface area contributed by atoms with Crippen LogP contribution in [-0.4, -0.2) is 82.3 Å². The molecular formula is C28H37N7O2S. The maximum atomic E-state index is 6.15. The quantitative estimate of drug-likeness (QED) is 0.400. The lowest BCUT2D eigenvalue weighted by molar-refractivity contribution is 0.0938. The van der Waals surface area contributed by atoms with E-state index in [1.807, 2.05) is 24.5 Å². The van der Waals surface area contributed by atoms with Gasteiger partial charge in [-0.1, -0.05) is 17.4 Å². The SMILES string of the molecule is COCCN1CCN(Cc2ccc(Nc3ncc(-c4ccnc(OC5CCC6(CC5)CC6)n4)s3)nc2)CC1. The highest BCUT2D eigenvalue weighted by molar-refractivity contribution is 7.18. The molecule has 2 saturated carbocycles. The van der Waals surface area contributed by atoms with Crippen LogP contribution in [-0.2, 0) is 11.3 Å². The van der Waals surface area contributed by atoms with Gasteiger partial charge in [0.2, 0.25) is 0 Å². The number of rotatable bonds is 10. The average Bonchev–Trinajstić information content (AvgIpc) is 3.55. The van der Waals surface area contributed by atoms with E-state index in [-0.39, 0.29) is 6.10 Å². The molecule has 202 valence electrons. The molecule has 3 aromatic rings. The first-order valence-corrected chi connectivity index (χ1v) is 14.6. The molecule has 1 aliphatic heterocycles. The standard InChI is InChI=1S/C28H37N7O2S/c1-36-17-16-34-12-14-35(15-13-34)20-21-2-3-25(30-18-21)33-27-31-19-24(38-27)23-6-11-29-26(32-23)37-22-4-7-28(8-5-22)9-10-28/h2-3,6,11,18-19,22H,4-5,7-10,12-17,20H2,1H3,(H,30,31,33). The Bertz CT molecular complexity index is 1180. The minimum absolute atomic E-state index is 0.231. The number of nitrogens with one attached hydrogen (secondary N) is 1. The minimum Gasteiger partial charge on any atom is -0.460 e. The normalized spacial score (nSPS) is 20.0. The van der Waals surface area contributed by atoms with Crippen LogP contribution in [0.2, 0.25) is 0 Å². The zero-order valence-corrected chi connectivity index (χ0v) is 23.0. The summed E-state index contributed by atoms with van der Waals surface area (Å²) in [5, 5.41) is 4.12. The topological polar surface area (TPSA) is 88.5 Å². The molecule has 2 aliphatic carbocycles. The lowest BCUT2D eigenvalue weighted by Gasteiger charge is -2.34. The molecule has 10 heteroatoms. The zero-order chi connectivity index (χ0) is 25.8. The van der Waals surface area contributed by atoms with Gasteiger partial charge in [0.05, 0.1) is 17.2 Å². The summed E-state index contributed by atoms with van der Waals surface area (Å²) in [5.74, 6) is 0.788. The maximum Gasteiger partial charge on any atom is 0.317 e. The number of anilines is 2. The molecule has 1 saturated heterocycles. The van der Waals surface area contributed by atoms with Gasteiger partial charge in [-0.2, -0.15) is 4.98 Å². The van der Waals surface area contributed by atoms with Crippen LogP contribution in [0.5, 0.6) is 6.01 Å². The first-order valence-electron chi connectivity index (χ1n) is 13.8. The number of piperazine rings is 1. The number of hydrogen-bond donors (Lipinski definition) is 1. The third-order valence-electron chi connectivity index (χ3n) is 8.16. The van der Waals surface area contributed by atoms with Crippen LogP contribution in [0.15, 0.2) is 36.8 Å². The Balaban J connectivity index is 0.999. The third-order valence-corrected chi connectivity index (χ3v) is 9.09. The second kappa shape index (κ2) is 11.6. The van der Waals surface area contributed by atoms with E-state index < -0.39 is 0 Å². The van der Waals surface area contributed by atoms with Gasteiger partial charge in [0.15, 0.2) is 5.13 Å². The van der Waals surface area contributed by atoms with Gasteiger partial charge in [0.25, 0.3) is 0 Å². The van der Waals surface area contributed by atoms with Gasteiger partial charge in [-0.3, -0.25) is 9.80 Å². The van der Waals surface area contributed by atoms with Crippen molar-refractivity contribution < 1.29 is 9.47 Å². The van der Waals surface area contributed by atoms with Crippen LogP contribution in [0.1, 0.15) is 44.1 Å². The number of methoxy groups -OCH3 is 1. The molecule has 3 fully saturated rings. The Labute approximate surface area is 228 Å². The average molecular weight is 536 g/mol. The van der Waals surface area contributed by atoms with Crippen molar-refractivity contribution in [3.05, 3.63) is 42.4 Å². The summed E-state index contributed by atoms with van der Waals surface area (Å²) in [5.41, 5.74) is 2.71. The zero-order valence-electron chi connectivity index (χ0n) is 22.1. The molecule has 0 unspecified atom stereocenters. The summed E-state index contributed by atoms with van der Waals surface area (Å²) < 4.78 is 11.4. The first-order chi connectivity index (χ1) is 18.7. The van der Waals surface area contributed by atoms with Crippen LogP contribution >= 0.6 is 11.3 Å². The van der Waals surface area contributed by atoms with Crippen molar-refractivity contribution in [2.75, 3.05) is 51.8 Å². The van der Waals surface area contributed by atoms with E-state index in [4.69, 9.17) is 9.47 Å². The summed E-state index contributed by atoms with van der Waals surface area (Å²) >= 11 is 1.55. The van der Waals surface area contributed by atoms with E-state index in [2.05, 4.69) is 41.1 Å². The molecule has 4 heterocycles. The molecular weight excluding hydrogens is 498 g/mol. The van der Waals surface area contributed by atoms with Crippen LogP contribution in [0, 0.1) is 5.41 Å². The highest BCUT2D eigenvalue weighted by Crippen LogP contribution is 2.56. The van der Waals surface area contributed by atoms with Crippen molar-refractivity contribution in [1.29, 1.82) is 0 Å². The maximum absolute atomic E-state index is 6.15. The van der Waals surface area contributed by atoms with Crippen LogP contribution in [0.3, 0.4) is 0 Å². The first kappa shape index (κ1) is 25.6. The molecule has 0 bridgehead atoms. The molecule has 9 nitrogen and oxygen atoms in total. The molecule has 1 N–H and O–H groups in total. The van der Waals surface area contributed by atoms with E-state index in [0.29, 0.717) is 11.4 Å². The summed E-state index contributed by atoms with van der Waals surface area (Å²) in [6.45, 7) is 7.05. The van der Waals surface area contributed by atoms with E-state index in [0.717, 1.165) is 80.2 Å². The molecule has 38 heavy (non-hydrogen) atoms.